The molecule has 126 valence electrons. The number of phosphoric acid groups is 1. The molecule has 0 bridgehead atoms. The van der Waals surface area contributed by atoms with Gasteiger partial charge in [-0.15, -0.1) is 0 Å². The highest BCUT2D eigenvalue weighted by molar-refractivity contribution is 7.47. The molecule has 0 aromatic rings. The fraction of sp³-hybridized carbons (Fsp3) is 1.00. The summed E-state index contributed by atoms with van der Waals surface area (Å²) in [5.41, 5.74) is 0. The molecule has 0 spiro atoms. The van der Waals surface area contributed by atoms with E-state index >= 15 is 0 Å². The molecule has 1 aliphatic heterocycles. The quantitative estimate of drug-likeness (QED) is 0.691. The molecule has 1 rings (SSSR count). The van der Waals surface area contributed by atoms with Gasteiger partial charge < -0.3 is 14.4 Å². The first kappa shape index (κ1) is 19.1. The second-order valence-corrected chi connectivity index (χ2v) is 7.50. The van der Waals surface area contributed by atoms with Crippen LogP contribution in [0.3, 0.4) is 0 Å². The fourth-order valence-corrected chi connectivity index (χ4v) is 3.56. The summed E-state index contributed by atoms with van der Waals surface area (Å²) in [4.78, 5) is 9.81. The molecular formula is C14H29O6P. The molecule has 6 nitrogen and oxygen atoms in total. The van der Waals surface area contributed by atoms with E-state index in [0.29, 0.717) is 13.0 Å². The highest BCUT2D eigenvalue weighted by Crippen LogP contribution is 2.49. The van der Waals surface area contributed by atoms with Crippen molar-refractivity contribution >= 4 is 7.82 Å². The Morgan fingerprint density at radius 2 is 1.81 bits per heavy atom. The highest BCUT2D eigenvalue weighted by Gasteiger charge is 2.44. The lowest BCUT2D eigenvalue weighted by atomic mass is 9.98. The Bertz CT molecular complexity index is 359. The van der Waals surface area contributed by atoms with Crippen LogP contribution in [0.15, 0.2) is 0 Å². The van der Waals surface area contributed by atoms with Crippen molar-refractivity contribution in [2.75, 3.05) is 6.61 Å². The predicted molar refractivity (Wildman–Crippen MR) is 80.1 cm³/mol. The molecule has 0 radical (unpaired) electrons. The van der Waals surface area contributed by atoms with E-state index in [1.54, 1.807) is 13.8 Å². The van der Waals surface area contributed by atoms with E-state index < -0.39 is 13.9 Å². The van der Waals surface area contributed by atoms with Crippen LogP contribution >= 0.6 is 7.82 Å². The van der Waals surface area contributed by atoms with Gasteiger partial charge in [-0.25, -0.2) is 4.57 Å². The third-order valence-electron chi connectivity index (χ3n) is 3.47. The molecule has 1 fully saturated rings. The van der Waals surface area contributed by atoms with Gasteiger partial charge in [0.2, 0.25) is 0 Å². The molecule has 5 atom stereocenters. The normalized spacial score (nSPS) is 32.8. The number of phosphoric ester groups is 1. The lowest BCUT2D eigenvalue weighted by Gasteiger charge is -2.25. The van der Waals surface area contributed by atoms with Crippen molar-refractivity contribution in [3.8, 4) is 0 Å². The topological polar surface area (TPSA) is 74.2 Å². The van der Waals surface area contributed by atoms with E-state index in [1.807, 2.05) is 27.7 Å². The van der Waals surface area contributed by atoms with E-state index in [2.05, 4.69) is 0 Å². The summed E-state index contributed by atoms with van der Waals surface area (Å²) >= 11 is 0. The molecule has 5 unspecified atom stereocenters. The Morgan fingerprint density at radius 3 is 2.33 bits per heavy atom. The predicted octanol–water partition coefficient (Wildman–Crippen LogP) is 3.14. The van der Waals surface area contributed by atoms with Gasteiger partial charge in [-0.3, -0.25) is 9.05 Å². The van der Waals surface area contributed by atoms with E-state index in [9.17, 15) is 9.46 Å². The molecule has 7 heteroatoms. The van der Waals surface area contributed by atoms with Crippen molar-refractivity contribution in [3.05, 3.63) is 0 Å². The lowest BCUT2D eigenvalue weighted by molar-refractivity contribution is -0.0198. The highest BCUT2D eigenvalue weighted by atomic mass is 31.2. The maximum atomic E-state index is 12.0. The zero-order valence-corrected chi connectivity index (χ0v) is 14.7. The Kier molecular flexibility index (Phi) is 7.31. The monoisotopic (exact) mass is 324 g/mol. The number of rotatable bonds is 8. The maximum Gasteiger partial charge on any atom is 0.472 e. The molecule has 1 aliphatic rings. The minimum Gasteiger partial charge on any atom is -0.379 e. The van der Waals surface area contributed by atoms with Crippen LogP contribution in [0.5, 0.6) is 0 Å². The summed E-state index contributed by atoms with van der Waals surface area (Å²) in [7, 11) is -4.07. The van der Waals surface area contributed by atoms with Gasteiger partial charge in [0, 0.05) is 12.5 Å². The van der Waals surface area contributed by atoms with Crippen LogP contribution < -0.4 is 0 Å². The fourth-order valence-electron chi connectivity index (χ4n) is 2.34. The molecule has 0 saturated carbocycles. The zero-order chi connectivity index (χ0) is 16.2. The third-order valence-corrected chi connectivity index (χ3v) is 4.66. The average molecular weight is 324 g/mol. The molecule has 0 aromatic carbocycles. The summed E-state index contributed by atoms with van der Waals surface area (Å²) in [5.74, 6) is 0.0188. The van der Waals surface area contributed by atoms with Crippen molar-refractivity contribution in [1.29, 1.82) is 0 Å². The zero-order valence-electron chi connectivity index (χ0n) is 13.8. The molecular weight excluding hydrogens is 295 g/mol. The van der Waals surface area contributed by atoms with Gasteiger partial charge in [0.25, 0.3) is 0 Å². The summed E-state index contributed by atoms with van der Waals surface area (Å²) in [6.07, 6.45) is -0.361. The molecule has 1 heterocycles. The van der Waals surface area contributed by atoms with Crippen LogP contribution in [-0.2, 0) is 23.1 Å². The van der Waals surface area contributed by atoms with Gasteiger partial charge in [-0.2, -0.15) is 0 Å². The van der Waals surface area contributed by atoms with Crippen LogP contribution in [-0.4, -0.2) is 42.0 Å². The first-order chi connectivity index (χ1) is 9.62. The van der Waals surface area contributed by atoms with Crippen molar-refractivity contribution in [2.45, 2.75) is 78.5 Å². The molecule has 1 N–H and O–H groups in total. The number of hydrogen-bond acceptors (Lipinski definition) is 5. The van der Waals surface area contributed by atoms with Crippen LogP contribution in [0, 0.1) is 5.92 Å². The number of hydrogen-bond donors (Lipinski definition) is 1. The largest absolute Gasteiger partial charge is 0.472 e. The van der Waals surface area contributed by atoms with Crippen LogP contribution in [0.2, 0.25) is 0 Å². The average Bonchev–Trinajstić information content (AvgIpc) is 2.54. The Balaban J connectivity index is 2.63. The molecule has 0 amide bonds. The van der Waals surface area contributed by atoms with Gasteiger partial charge in [-0.1, -0.05) is 6.92 Å². The summed E-state index contributed by atoms with van der Waals surface area (Å²) in [5, 5.41) is 0. The van der Waals surface area contributed by atoms with Gasteiger partial charge in [0.05, 0.1) is 24.4 Å². The molecule has 1 saturated heterocycles. The SMILES string of the molecule is CC(C)OCCC1OC(C)C(C)C1OP(=O)(O)OC(C)C. The summed E-state index contributed by atoms with van der Waals surface area (Å²) in [6.45, 7) is 11.7. The van der Waals surface area contributed by atoms with Gasteiger partial charge >= 0.3 is 7.82 Å². The number of ether oxygens (including phenoxy) is 2. The van der Waals surface area contributed by atoms with Crippen molar-refractivity contribution in [1.82, 2.24) is 0 Å². The van der Waals surface area contributed by atoms with Crippen molar-refractivity contribution < 1.29 is 28.0 Å². The molecule has 0 aromatic heterocycles. The smallest absolute Gasteiger partial charge is 0.379 e. The minimum atomic E-state index is -4.07. The molecule has 21 heavy (non-hydrogen) atoms. The second kappa shape index (κ2) is 8.04. The van der Waals surface area contributed by atoms with E-state index in [0.717, 1.165) is 0 Å². The second-order valence-electron chi connectivity index (χ2n) is 6.14. The van der Waals surface area contributed by atoms with Crippen LogP contribution in [0.25, 0.3) is 0 Å². The van der Waals surface area contributed by atoms with Crippen LogP contribution in [0.1, 0.15) is 48.0 Å². The Labute approximate surface area is 127 Å². The van der Waals surface area contributed by atoms with Gasteiger partial charge in [0.1, 0.15) is 6.10 Å². The van der Waals surface area contributed by atoms with E-state index in [-0.39, 0.29) is 30.3 Å². The lowest BCUT2D eigenvalue weighted by Crippen LogP contribution is -2.30. The van der Waals surface area contributed by atoms with Crippen molar-refractivity contribution in [2.24, 2.45) is 5.92 Å². The minimum absolute atomic E-state index is 0.0188. The van der Waals surface area contributed by atoms with Crippen molar-refractivity contribution in [3.63, 3.8) is 0 Å². The van der Waals surface area contributed by atoms with Crippen LogP contribution in [0.4, 0.5) is 0 Å². The summed E-state index contributed by atoms with van der Waals surface area (Å²) < 4.78 is 33.7. The molecule has 0 aliphatic carbocycles. The van der Waals surface area contributed by atoms with E-state index in [4.69, 9.17) is 18.5 Å². The first-order valence-electron chi connectivity index (χ1n) is 7.59. The maximum absolute atomic E-state index is 12.0. The summed E-state index contributed by atoms with van der Waals surface area (Å²) in [6, 6.07) is 0. The van der Waals surface area contributed by atoms with Gasteiger partial charge in [0.15, 0.2) is 0 Å². The van der Waals surface area contributed by atoms with Gasteiger partial charge in [-0.05, 0) is 41.0 Å². The standard InChI is InChI=1S/C14H29O6P/c1-9(2)17-8-7-13-14(11(5)12(6)18-13)20-21(15,16)19-10(3)4/h9-14H,7-8H2,1-6H3,(H,15,16). The third kappa shape index (κ3) is 6.35. The Morgan fingerprint density at radius 1 is 1.19 bits per heavy atom. The first-order valence-corrected chi connectivity index (χ1v) is 9.08. The van der Waals surface area contributed by atoms with E-state index in [1.165, 1.54) is 0 Å². The Hall–Kier alpha value is 0.0300.